The maximum Gasteiger partial charge on any atom is 0.0998 e. The molecule has 0 aliphatic heterocycles. The van der Waals surface area contributed by atoms with Crippen LogP contribution >= 0.6 is 0 Å². The molecule has 0 atom stereocenters. The number of nitrogens with zero attached hydrogens (tertiary/aromatic N) is 1. The number of rotatable bonds is 4. The average molecular weight is 596 g/mol. The topological polar surface area (TPSA) is 23.8 Å². The van der Waals surface area contributed by atoms with Crippen LogP contribution in [0.2, 0.25) is 0 Å². The number of benzene rings is 8. The Labute approximate surface area is 274 Å². The Balaban J connectivity index is 1.41. The molecule has 8 aromatic rings. The fourth-order valence-electron chi connectivity index (χ4n) is 8.13. The molecule has 0 radical (unpaired) electrons. The molecule has 0 bridgehead atoms. The molecular weight excluding hydrogens is 567 g/mol. The lowest BCUT2D eigenvalue weighted by atomic mass is 9.67. The number of hydrogen-bond donors (Lipinski definition) is 0. The van der Waals surface area contributed by atoms with Gasteiger partial charge in [-0.3, -0.25) is 0 Å². The van der Waals surface area contributed by atoms with Crippen molar-refractivity contribution in [2.45, 2.75) is 5.41 Å². The van der Waals surface area contributed by atoms with Crippen LogP contribution in [0.15, 0.2) is 176 Å². The lowest BCUT2D eigenvalue weighted by Gasteiger charge is -2.34. The van der Waals surface area contributed by atoms with Crippen molar-refractivity contribution in [1.82, 2.24) is 0 Å². The highest BCUT2D eigenvalue weighted by atomic mass is 14.5. The van der Waals surface area contributed by atoms with Gasteiger partial charge in [0, 0.05) is 5.56 Å². The van der Waals surface area contributed by atoms with E-state index in [1.54, 1.807) is 0 Å². The molecule has 8 aromatic carbocycles. The van der Waals surface area contributed by atoms with Crippen molar-refractivity contribution in [1.29, 1.82) is 5.26 Å². The summed E-state index contributed by atoms with van der Waals surface area (Å²) in [4.78, 5) is 0. The van der Waals surface area contributed by atoms with E-state index in [-0.39, 0.29) is 0 Å². The zero-order valence-electron chi connectivity index (χ0n) is 25.7. The fourth-order valence-corrected chi connectivity index (χ4v) is 8.13. The van der Waals surface area contributed by atoms with E-state index >= 15 is 0 Å². The third-order valence-corrected chi connectivity index (χ3v) is 10.00. The summed E-state index contributed by atoms with van der Waals surface area (Å²) in [5.74, 6) is 0. The zero-order chi connectivity index (χ0) is 31.4. The van der Waals surface area contributed by atoms with E-state index in [2.05, 4.69) is 164 Å². The predicted octanol–water partition coefficient (Wildman–Crippen LogP) is 11.6. The molecule has 47 heavy (non-hydrogen) atoms. The standard InChI is InChI=1S/C46H29N/c47-30-32-15-7-8-20-35(32)45-40-24-11-9-22-38(40)44(39-23-10-12-25-41(39)45)31-27-28-37-36-21-13-14-26-42(36)46(43(37)29-31,33-16-3-1-4-17-33)34-18-5-2-6-19-34/h1-29H. The minimum absolute atomic E-state index is 0.470. The van der Waals surface area contributed by atoms with Gasteiger partial charge < -0.3 is 0 Å². The van der Waals surface area contributed by atoms with Gasteiger partial charge in [0.25, 0.3) is 0 Å². The second-order valence-corrected chi connectivity index (χ2v) is 12.3. The van der Waals surface area contributed by atoms with Crippen molar-refractivity contribution in [2.24, 2.45) is 0 Å². The number of nitriles is 1. The van der Waals surface area contributed by atoms with E-state index in [0.29, 0.717) is 5.56 Å². The lowest BCUT2D eigenvalue weighted by molar-refractivity contribution is 0.769. The molecular formula is C46H29N. The molecule has 1 aliphatic carbocycles. The maximum atomic E-state index is 10.1. The quantitative estimate of drug-likeness (QED) is 0.186. The third kappa shape index (κ3) is 3.89. The first-order valence-corrected chi connectivity index (χ1v) is 16.1. The summed E-state index contributed by atoms with van der Waals surface area (Å²) in [7, 11) is 0. The van der Waals surface area contributed by atoms with E-state index in [1.165, 1.54) is 55.3 Å². The van der Waals surface area contributed by atoms with Gasteiger partial charge in [0.05, 0.1) is 17.0 Å². The van der Waals surface area contributed by atoms with E-state index in [4.69, 9.17) is 0 Å². The molecule has 0 N–H and O–H groups in total. The average Bonchev–Trinajstić information content (AvgIpc) is 3.45. The Morgan fingerprint density at radius 2 is 0.851 bits per heavy atom. The van der Waals surface area contributed by atoms with Crippen LogP contribution in [-0.2, 0) is 5.41 Å². The first kappa shape index (κ1) is 27.1. The smallest absolute Gasteiger partial charge is 0.0998 e. The highest BCUT2D eigenvalue weighted by Crippen LogP contribution is 2.57. The van der Waals surface area contributed by atoms with E-state index in [0.717, 1.165) is 21.9 Å². The van der Waals surface area contributed by atoms with Gasteiger partial charge in [0.2, 0.25) is 0 Å². The minimum Gasteiger partial charge on any atom is -0.192 e. The van der Waals surface area contributed by atoms with Gasteiger partial charge in [0.15, 0.2) is 0 Å². The second kappa shape index (κ2) is 10.7. The molecule has 0 saturated heterocycles. The van der Waals surface area contributed by atoms with Gasteiger partial charge >= 0.3 is 0 Å². The SMILES string of the molecule is N#Cc1ccccc1-c1c2ccccc2c(-c2ccc3c(c2)C(c2ccccc2)(c2ccccc2)c2ccccc2-3)c2ccccc12. The van der Waals surface area contributed by atoms with Crippen LogP contribution in [0.3, 0.4) is 0 Å². The van der Waals surface area contributed by atoms with Crippen LogP contribution < -0.4 is 0 Å². The molecule has 1 nitrogen and oxygen atoms in total. The molecule has 1 heteroatoms. The highest BCUT2D eigenvalue weighted by molar-refractivity contribution is 6.21. The molecule has 0 unspecified atom stereocenters. The van der Waals surface area contributed by atoms with Crippen molar-refractivity contribution < 1.29 is 0 Å². The summed E-state index contributed by atoms with van der Waals surface area (Å²) in [6.07, 6.45) is 0. The summed E-state index contributed by atoms with van der Waals surface area (Å²) in [6, 6.07) is 65.7. The van der Waals surface area contributed by atoms with Crippen LogP contribution in [0, 0.1) is 11.3 Å². The van der Waals surface area contributed by atoms with Crippen LogP contribution in [0.5, 0.6) is 0 Å². The van der Waals surface area contributed by atoms with E-state index in [9.17, 15) is 5.26 Å². The highest BCUT2D eigenvalue weighted by Gasteiger charge is 2.46. The van der Waals surface area contributed by atoms with Crippen LogP contribution in [-0.4, -0.2) is 0 Å². The van der Waals surface area contributed by atoms with Gasteiger partial charge in [-0.1, -0.05) is 164 Å². The molecule has 0 amide bonds. The molecule has 218 valence electrons. The van der Waals surface area contributed by atoms with Gasteiger partial charge in [-0.2, -0.15) is 5.26 Å². The summed E-state index contributed by atoms with van der Waals surface area (Å²) in [5, 5.41) is 14.7. The molecule has 0 spiro atoms. The molecule has 0 aromatic heterocycles. The van der Waals surface area contributed by atoms with Crippen molar-refractivity contribution in [3.05, 3.63) is 204 Å². The number of hydrogen-bond acceptors (Lipinski definition) is 1. The second-order valence-electron chi connectivity index (χ2n) is 12.3. The Hall–Kier alpha value is -6.23. The monoisotopic (exact) mass is 595 g/mol. The summed E-state index contributed by atoms with van der Waals surface area (Å²) in [5.41, 5.74) is 12.3. The van der Waals surface area contributed by atoms with Crippen LogP contribution in [0.25, 0.3) is 54.9 Å². The predicted molar refractivity (Wildman–Crippen MR) is 194 cm³/mol. The van der Waals surface area contributed by atoms with Gasteiger partial charge in [0.1, 0.15) is 0 Å². The van der Waals surface area contributed by atoms with Gasteiger partial charge in [-0.05, 0) is 83.7 Å². The molecule has 0 saturated carbocycles. The first-order chi connectivity index (χ1) is 23.3. The first-order valence-electron chi connectivity index (χ1n) is 16.1. The zero-order valence-corrected chi connectivity index (χ0v) is 25.7. The van der Waals surface area contributed by atoms with Gasteiger partial charge in [-0.25, -0.2) is 0 Å². The normalized spacial score (nSPS) is 12.8. The largest absolute Gasteiger partial charge is 0.192 e. The van der Waals surface area contributed by atoms with Crippen molar-refractivity contribution >= 4 is 21.5 Å². The molecule has 1 aliphatic rings. The third-order valence-electron chi connectivity index (χ3n) is 10.00. The van der Waals surface area contributed by atoms with Crippen molar-refractivity contribution in [3.63, 3.8) is 0 Å². The molecule has 0 heterocycles. The Morgan fingerprint density at radius 1 is 0.383 bits per heavy atom. The summed E-state index contributed by atoms with van der Waals surface area (Å²) < 4.78 is 0. The van der Waals surface area contributed by atoms with Crippen molar-refractivity contribution in [3.8, 4) is 39.4 Å². The minimum atomic E-state index is -0.470. The Bertz CT molecular complexity index is 2420. The van der Waals surface area contributed by atoms with Crippen molar-refractivity contribution in [2.75, 3.05) is 0 Å². The number of fused-ring (bicyclic) bond motifs is 5. The molecule has 9 rings (SSSR count). The van der Waals surface area contributed by atoms with Crippen LogP contribution in [0.4, 0.5) is 0 Å². The summed E-state index contributed by atoms with van der Waals surface area (Å²) in [6.45, 7) is 0. The van der Waals surface area contributed by atoms with E-state index < -0.39 is 5.41 Å². The molecule has 0 fully saturated rings. The van der Waals surface area contributed by atoms with Gasteiger partial charge in [-0.15, -0.1) is 0 Å². The Morgan fingerprint density at radius 3 is 1.45 bits per heavy atom. The van der Waals surface area contributed by atoms with Crippen LogP contribution in [0.1, 0.15) is 27.8 Å². The maximum absolute atomic E-state index is 10.1. The fraction of sp³-hybridized carbons (Fsp3) is 0.0217. The summed E-state index contributed by atoms with van der Waals surface area (Å²) >= 11 is 0. The van der Waals surface area contributed by atoms with E-state index in [1.807, 2.05) is 18.2 Å². The lowest BCUT2D eigenvalue weighted by Crippen LogP contribution is -2.28. The Kier molecular flexibility index (Phi) is 6.17.